The van der Waals surface area contributed by atoms with Crippen LogP contribution in [0, 0.1) is 5.92 Å². The van der Waals surface area contributed by atoms with E-state index in [1.54, 1.807) is 0 Å². The van der Waals surface area contributed by atoms with Crippen LogP contribution in [0.3, 0.4) is 0 Å². The molecule has 1 fully saturated rings. The smallest absolute Gasteiger partial charge is 0.387 e. The van der Waals surface area contributed by atoms with Crippen LogP contribution >= 0.6 is 0 Å². The number of carbonyl (C=O) groups excluding carboxylic acids is 3. The molecule has 1 aliphatic carbocycles. The fourth-order valence-electron chi connectivity index (χ4n) is 2.97. The topological polar surface area (TPSA) is 90.9 Å². The Morgan fingerprint density at radius 3 is 2.55 bits per heavy atom. The minimum atomic E-state index is -2.99. The first-order chi connectivity index (χ1) is 13.9. The Labute approximate surface area is 167 Å². The van der Waals surface area contributed by atoms with Crippen molar-refractivity contribution in [3.8, 4) is 11.5 Å². The van der Waals surface area contributed by atoms with Crippen LogP contribution in [0.1, 0.15) is 37.7 Å². The van der Waals surface area contributed by atoms with Crippen LogP contribution in [-0.2, 0) is 19.1 Å². The van der Waals surface area contributed by atoms with Gasteiger partial charge in [0.2, 0.25) is 5.91 Å². The predicted molar refractivity (Wildman–Crippen MR) is 99.3 cm³/mol. The van der Waals surface area contributed by atoms with Gasteiger partial charge in [0, 0.05) is 12.0 Å². The summed E-state index contributed by atoms with van der Waals surface area (Å²) in [5, 5.41) is 2.24. The van der Waals surface area contributed by atoms with Gasteiger partial charge in [0.25, 0.3) is 5.91 Å². The molecule has 0 spiro atoms. The highest BCUT2D eigenvalue weighted by Crippen LogP contribution is 2.29. The summed E-state index contributed by atoms with van der Waals surface area (Å²) in [6.07, 6.45) is 6.97. The summed E-state index contributed by atoms with van der Waals surface area (Å²) >= 11 is 0. The number of methoxy groups -OCH3 is 1. The second kappa shape index (κ2) is 11.1. The molecule has 158 valence electrons. The number of ether oxygens (including phenoxy) is 3. The fourth-order valence-corrected chi connectivity index (χ4v) is 2.97. The SMILES string of the molecule is COc1cc(/C=C/C(=O)OCC(=O)NC(=O)C2CCCCC2)ccc1OC(F)F. The Kier molecular flexibility index (Phi) is 8.57. The summed E-state index contributed by atoms with van der Waals surface area (Å²) in [4.78, 5) is 35.5. The van der Waals surface area contributed by atoms with Crippen LogP contribution in [-0.4, -0.2) is 38.1 Å². The summed E-state index contributed by atoms with van der Waals surface area (Å²) in [7, 11) is 1.29. The monoisotopic (exact) mass is 411 g/mol. The number of carbonyl (C=O) groups is 3. The third-order valence-electron chi connectivity index (χ3n) is 4.40. The zero-order chi connectivity index (χ0) is 21.2. The van der Waals surface area contributed by atoms with E-state index in [4.69, 9.17) is 9.47 Å². The Morgan fingerprint density at radius 1 is 1.17 bits per heavy atom. The van der Waals surface area contributed by atoms with Crippen molar-refractivity contribution in [2.45, 2.75) is 38.7 Å². The molecule has 1 N–H and O–H groups in total. The molecule has 1 aliphatic rings. The molecular formula is C20H23F2NO6. The number of rotatable bonds is 8. The summed E-state index contributed by atoms with van der Waals surface area (Å²) in [5.41, 5.74) is 0.470. The summed E-state index contributed by atoms with van der Waals surface area (Å²) in [5.74, 6) is -2.05. The molecule has 0 aliphatic heterocycles. The molecule has 0 heterocycles. The predicted octanol–water partition coefficient (Wildman–Crippen LogP) is 3.08. The molecule has 0 saturated heterocycles. The van der Waals surface area contributed by atoms with Crippen molar-refractivity contribution >= 4 is 23.9 Å². The molecular weight excluding hydrogens is 388 g/mol. The minimum absolute atomic E-state index is 0.0708. The number of imide groups is 1. The van der Waals surface area contributed by atoms with Crippen LogP contribution < -0.4 is 14.8 Å². The number of benzene rings is 1. The lowest BCUT2D eigenvalue weighted by molar-refractivity contribution is -0.146. The number of hydrogen-bond acceptors (Lipinski definition) is 6. The number of amides is 2. The van der Waals surface area contributed by atoms with Gasteiger partial charge >= 0.3 is 12.6 Å². The van der Waals surface area contributed by atoms with E-state index in [9.17, 15) is 23.2 Å². The molecule has 2 amide bonds. The van der Waals surface area contributed by atoms with Gasteiger partial charge < -0.3 is 14.2 Å². The van der Waals surface area contributed by atoms with E-state index < -0.39 is 25.1 Å². The van der Waals surface area contributed by atoms with Crippen molar-refractivity contribution < 1.29 is 37.4 Å². The molecule has 1 saturated carbocycles. The zero-order valence-corrected chi connectivity index (χ0v) is 16.0. The molecule has 0 aromatic heterocycles. The number of nitrogens with one attached hydrogen (secondary N) is 1. The highest BCUT2D eigenvalue weighted by atomic mass is 19.3. The van der Waals surface area contributed by atoms with Gasteiger partial charge in [-0.2, -0.15) is 8.78 Å². The maximum absolute atomic E-state index is 12.3. The van der Waals surface area contributed by atoms with Crippen LogP contribution in [0.4, 0.5) is 8.78 Å². The van der Waals surface area contributed by atoms with Gasteiger partial charge in [-0.3, -0.25) is 14.9 Å². The molecule has 2 rings (SSSR count). The third-order valence-corrected chi connectivity index (χ3v) is 4.40. The van der Waals surface area contributed by atoms with Crippen molar-refractivity contribution in [3.05, 3.63) is 29.8 Å². The molecule has 0 bridgehead atoms. The normalized spacial score (nSPS) is 14.6. The average molecular weight is 411 g/mol. The highest BCUT2D eigenvalue weighted by Gasteiger charge is 2.22. The van der Waals surface area contributed by atoms with Crippen LogP contribution in [0.5, 0.6) is 11.5 Å². The molecule has 9 heteroatoms. The second-order valence-corrected chi connectivity index (χ2v) is 6.48. The van der Waals surface area contributed by atoms with E-state index in [0.717, 1.165) is 38.2 Å². The van der Waals surface area contributed by atoms with Crippen molar-refractivity contribution in [2.24, 2.45) is 5.92 Å². The average Bonchev–Trinajstić information content (AvgIpc) is 2.71. The maximum atomic E-state index is 12.3. The van der Waals surface area contributed by atoms with Gasteiger partial charge in [-0.05, 0) is 36.6 Å². The Morgan fingerprint density at radius 2 is 1.90 bits per heavy atom. The first-order valence-electron chi connectivity index (χ1n) is 9.20. The minimum Gasteiger partial charge on any atom is -0.493 e. The largest absolute Gasteiger partial charge is 0.493 e. The van der Waals surface area contributed by atoms with Gasteiger partial charge in [-0.25, -0.2) is 4.79 Å². The first-order valence-corrected chi connectivity index (χ1v) is 9.20. The van der Waals surface area contributed by atoms with Crippen molar-refractivity contribution in [3.63, 3.8) is 0 Å². The van der Waals surface area contributed by atoms with E-state index >= 15 is 0 Å². The number of hydrogen-bond donors (Lipinski definition) is 1. The lowest BCUT2D eigenvalue weighted by Crippen LogP contribution is -2.38. The summed E-state index contributed by atoms with van der Waals surface area (Å²) in [6, 6.07) is 4.12. The van der Waals surface area contributed by atoms with Gasteiger partial charge in [0.15, 0.2) is 18.1 Å². The first kappa shape index (κ1) is 22.3. The molecule has 0 unspecified atom stereocenters. The number of halogens is 2. The summed E-state index contributed by atoms with van der Waals surface area (Å²) in [6.45, 7) is -3.57. The van der Waals surface area contributed by atoms with Gasteiger partial charge in [0.1, 0.15) is 0 Å². The molecule has 7 nitrogen and oxygen atoms in total. The molecule has 0 radical (unpaired) electrons. The Bertz CT molecular complexity index is 759. The second-order valence-electron chi connectivity index (χ2n) is 6.48. The van der Waals surface area contributed by atoms with Crippen molar-refractivity contribution in [2.75, 3.05) is 13.7 Å². The molecule has 1 aromatic rings. The van der Waals surface area contributed by atoms with E-state index in [2.05, 4.69) is 10.1 Å². The van der Waals surface area contributed by atoms with Crippen LogP contribution in [0.15, 0.2) is 24.3 Å². The fraction of sp³-hybridized carbons (Fsp3) is 0.450. The lowest BCUT2D eigenvalue weighted by Gasteiger charge is -2.20. The molecule has 29 heavy (non-hydrogen) atoms. The van der Waals surface area contributed by atoms with Gasteiger partial charge in [-0.1, -0.05) is 25.3 Å². The maximum Gasteiger partial charge on any atom is 0.387 e. The standard InChI is InChI=1S/C20H23F2NO6/c1-27-16-11-13(7-9-15(16)29-20(21)22)8-10-18(25)28-12-17(24)23-19(26)14-5-3-2-4-6-14/h7-11,14,20H,2-6,12H2,1H3,(H,23,24,26)/b10-8+. The van der Waals surface area contributed by atoms with Gasteiger partial charge in [-0.15, -0.1) is 0 Å². The van der Waals surface area contributed by atoms with Crippen LogP contribution in [0.2, 0.25) is 0 Å². The molecule has 0 atom stereocenters. The number of alkyl halides is 2. The van der Waals surface area contributed by atoms with E-state index in [1.165, 1.54) is 31.4 Å². The van der Waals surface area contributed by atoms with Crippen molar-refractivity contribution in [1.82, 2.24) is 5.32 Å². The lowest BCUT2D eigenvalue weighted by atomic mass is 9.89. The third kappa shape index (κ3) is 7.52. The zero-order valence-electron chi connectivity index (χ0n) is 16.0. The van der Waals surface area contributed by atoms with E-state index in [-0.39, 0.29) is 23.3 Å². The quantitative estimate of drug-likeness (QED) is 0.522. The number of esters is 1. The van der Waals surface area contributed by atoms with E-state index in [0.29, 0.717) is 5.56 Å². The van der Waals surface area contributed by atoms with E-state index in [1.807, 2.05) is 0 Å². The van der Waals surface area contributed by atoms with Gasteiger partial charge in [0.05, 0.1) is 7.11 Å². The Hall–Kier alpha value is -2.97. The Balaban J connectivity index is 1.81. The van der Waals surface area contributed by atoms with Crippen molar-refractivity contribution in [1.29, 1.82) is 0 Å². The molecule has 1 aromatic carbocycles. The summed E-state index contributed by atoms with van der Waals surface area (Å²) < 4.78 is 38.7. The highest BCUT2D eigenvalue weighted by molar-refractivity contribution is 5.98. The van der Waals surface area contributed by atoms with Crippen LogP contribution in [0.25, 0.3) is 6.08 Å².